The first-order chi connectivity index (χ1) is 8.54. The van der Waals surface area contributed by atoms with Crippen LogP contribution in [0.5, 0.6) is 0 Å². The van der Waals surface area contributed by atoms with Crippen LogP contribution >= 0.6 is 46.4 Å². The molecule has 2 aromatic carbocycles. The number of benzene rings is 2. The van der Waals surface area contributed by atoms with Gasteiger partial charge >= 0.3 is 0 Å². The molecule has 0 atom stereocenters. The third kappa shape index (κ3) is 2.43. The zero-order valence-corrected chi connectivity index (χ0v) is 11.9. The highest BCUT2D eigenvalue weighted by molar-refractivity contribution is 6.45. The second-order valence-corrected chi connectivity index (χ2v) is 5.15. The van der Waals surface area contributed by atoms with Crippen LogP contribution in [0, 0.1) is 11.3 Å². The fourth-order valence-electron chi connectivity index (χ4n) is 1.63. The lowest BCUT2D eigenvalue weighted by Gasteiger charge is -2.10. The monoisotopic (exact) mass is 315 g/mol. The number of nitrogens with zero attached hydrogens (tertiary/aromatic N) is 1. The summed E-state index contributed by atoms with van der Waals surface area (Å²) in [4.78, 5) is 0. The van der Waals surface area contributed by atoms with Crippen LogP contribution in [0.4, 0.5) is 0 Å². The number of nitriles is 1. The van der Waals surface area contributed by atoms with Crippen molar-refractivity contribution in [2.75, 3.05) is 0 Å². The van der Waals surface area contributed by atoms with Crippen molar-refractivity contribution in [3.05, 3.63) is 56.0 Å². The molecule has 2 aromatic rings. The highest BCUT2D eigenvalue weighted by atomic mass is 35.5. The molecule has 1 nitrogen and oxygen atoms in total. The fraction of sp³-hybridized carbons (Fsp3) is 0. The Bertz CT molecular complexity index is 659. The Kier molecular flexibility index (Phi) is 4.04. The molecular weight excluding hydrogens is 312 g/mol. The van der Waals surface area contributed by atoms with Crippen molar-refractivity contribution in [1.29, 1.82) is 5.26 Å². The van der Waals surface area contributed by atoms with Gasteiger partial charge in [0.2, 0.25) is 0 Å². The molecule has 0 aliphatic heterocycles. The zero-order chi connectivity index (χ0) is 13.3. The average Bonchev–Trinajstić information content (AvgIpc) is 2.33. The molecule has 0 spiro atoms. The number of hydrogen-bond acceptors (Lipinski definition) is 1. The van der Waals surface area contributed by atoms with Crippen LogP contribution in [0.15, 0.2) is 30.3 Å². The van der Waals surface area contributed by atoms with Crippen LogP contribution in [-0.4, -0.2) is 0 Å². The molecule has 0 saturated heterocycles. The topological polar surface area (TPSA) is 23.8 Å². The van der Waals surface area contributed by atoms with E-state index in [1.54, 1.807) is 24.3 Å². The summed E-state index contributed by atoms with van der Waals surface area (Å²) < 4.78 is 0. The maximum atomic E-state index is 9.12. The largest absolute Gasteiger partial charge is 0.192 e. The quantitative estimate of drug-likeness (QED) is 0.606. The van der Waals surface area contributed by atoms with Crippen molar-refractivity contribution in [2.24, 2.45) is 0 Å². The van der Waals surface area contributed by atoms with Gasteiger partial charge in [-0.1, -0.05) is 52.5 Å². The van der Waals surface area contributed by atoms with E-state index in [2.05, 4.69) is 6.07 Å². The number of rotatable bonds is 1. The van der Waals surface area contributed by atoms with Gasteiger partial charge in [-0.2, -0.15) is 5.26 Å². The van der Waals surface area contributed by atoms with E-state index in [4.69, 9.17) is 51.7 Å². The summed E-state index contributed by atoms with van der Waals surface area (Å²) in [7, 11) is 0. The highest BCUT2D eigenvalue weighted by Crippen LogP contribution is 2.40. The average molecular weight is 317 g/mol. The minimum atomic E-state index is 0.322. The van der Waals surface area contributed by atoms with E-state index < -0.39 is 0 Å². The Morgan fingerprint density at radius 3 is 2.33 bits per heavy atom. The first-order valence-electron chi connectivity index (χ1n) is 4.88. The van der Waals surface area contributed by atoms with Crippen LogP contribution < -0.4 is 0 Å². The van der Waals surface area contributed by atoms with Crippen molar-refractivity contribution >= 4 is 46.4 Å². The molecule has 90 valence electrons. The summed E-state index contributed by atoms with van der Waals surface area (Å²) >= 11 is 24.2. The van der Waals surface area contributed by atoms with E-state index in [9.17, 15) is 0 Å². The predicted octanol–water partition coefficient (Wildman–Crippen LogP) is 5.84. The lowest BCUT2D eigenvalue weighted by molar-refractivity contribution is 1.48. The molecule has 18 heavy (non-hydrogen) atoms. The van der Waals surface area contributed by atoms with Crippen molar-refractivity contribution in [3.63, 3.8) is 0 Å². The molecule has 0 fully saturated rings. The van der Waals surface area contributed by atoms with Crippen molar-refractivity contribution < 1.29 is 0 Å². The molecule has 0 radical (unpaired) electrons. The van der Waals surface area contributed by atoms with Gasteiger partial charge in [0.25, 0.3) is 0 Å². The lowest BCUT2D eigenvalue weighted by Crippen LogP contribution is -1.88. The van der Waals surface area contributed by atoms with Gasteiger partial charge in [0.15, 0.2) is 0 Å². The summed E-state index contributed by atoms with van der Waals surface area (Å²) in [6.07, 6.45) is 0. The number of hydrogen-bond donors (Lipinski definition) is 0. The summed E-state index contributed by atoms with van der Waals surface area (Å²) in [6.45, 7) is 0. The van der Waals surface area contributed by atoms with Gasteiger partial charge in [0, 0.05) is 21.2 Å². The van der Waals surface area contributed by atoms with E-state index in [1.807, 2.05) is 0 Å². The molecule has 0 aliphatic carbocycles. The summed E-state index contributed by atoms with van der Waals surface area (Å²) in [5.74, 6) is 0. The Morgan fingerprint density at radius 1 is 0.944 bits per heavy atom. The van der Waals surface area contributed by atoms with Gasteiger partial charge in [0.05, 0.1) is 21.7 Å². The smallest absolute Gasteiger partial charge is 0.0998 e. The fourth-order valence-corrected chi connectivity index (χ4v) is 2.60. The third-order valence-electron chi connectivity index (χ3n) is 2.40. The molecule has 0 amide bonds. The Balaban J connectivity index is 2.82. The van der Waals surface area contributed by atoms with Crippen LogP contribution in [0.1, 0.15) is 5.56 Å². The summed E-state index contributed by atoms with van der Waals surface area (Å²) in [6, 6.07) is 10.3. The maximum absolute atomic E-state index is 9.12. The first kappa shape index (κ1) is 13.5. The molecule has 2 rings (SSSR count). The molecule has 0 saturated carbocycles. The molecule has 0 heterocycles. The maximum Gasteiger partial charge on any atom is 0.0998 e. The van der Waals surface area contributed by atoms with Gasteiger partial charge in [-0.3, -0.25) is 0 Å². The van der Waals surface area contributed by atoms with Crippen LogP contribution in [0.2, 0.25) is 20.1 Å². The lowest BCUT2D eigenvalue weighted by atomic mass is 10.0. The Morgan fingerprint density at radius 2 is 1.67 bits per heavy atom. The van der Waals surface area contributed by atoms with Crippen molar-refractivity contribution in [1.82, 2.24) is 0 Å². The normalized spacial score (nSPS) is 10.2. The van der Waals surface area contributed by atoms with Gasteiger partial charge in [-0.05, 0) is 24.3 Å². The number of halogens is 4. The second-order valence-electron chi connectivity index (χ2n) is 3.52. The van der Waals surface area contributed by atoms with E-state index in [0.29, 0.717) is 36.8 Å². The van der Waals surface area contributed by atoms with E-state index in [0.717, 1.165) is 0 Å². The van der Waals surface area contributed by atoms with E-state index in [1.165, 1.54) is 6.07 Å². The van der Waals surface area contributed by atoms with Gasteiger partial charge in [-0.25, -0.2) is 0 Å². The molecule has 0 unspecified atom stereocenters. The molecule has 0 bridgehead atoms. The summed E-state index contributed by atoms with van der Waals surface area (Å²) in [5, 5.41) is 10.6. The molecule has 0 aliphatic rings. The standard InChI is InChI=1S/C13H5Cl4N/c14-8-4-9(13(17)11(16)5-8)12-7(6-18)2-1-3-10(12)15/h1-5H. The van der Waals surface area contributed by atoms with Gasteiger partial charge in [0.1, 0.15) is 0 Å². The molecule has 0 N–H and O–H groups in total. The third-order valence-corrected chi connectivity index (χ3v) is 3.73. The second kappa shape index (κ2) is 5.38. The Hall–Kier alpha value is -0.910. The van der Waals surface area contributed by atoms with Gasteiger partial charge < -0.3 is 0 Å². The first-order valence-corrected chi connectivity index (χ1v) is 6.39. The molecule has 0 aromatic heterocycles. The van der Waals surface area contributed by atoms with Crippen molar-refractivity contribution in [3.8, 4) is 17.2 Å². The predicted molar refractivity (Wildman–Crippen MR) is 76.6 cm³/mol. The summed E-state index contributed by atoms with van der Waals surface area (Å²) in [5.41, 5.74) is 1.51. The van der Waals surface area contributed by atoms with E-state index in [-0.39, 0.29) is 0 Å². The van der Waals surface area contributed by atoms with Crippen LogP contribution in [-0.2, 0) is 0 Å². The van der Waals surface area contributed by atoms with E-state index >= 15 is 0 Å². The molecule has 5 heteroatoms. The molecular formula is C13H5Cl4N. The van der Waals surface area contributed by atoms with Crippen molar-refractivity contribution in [2.45, 2.75) is 0 Å². The van der Waals surface area contributed by atoms with Gasteiger partial charge in [-0.15, -0.1) is 0 Å². The minimum Gasteiger partial charge on any atom is -0.192 e. The van der Waals surface area contributed by atoms with Crippen LogP contribution in [0.3, 0.4) is 0 Å². The SMILES string of the molecule is N#Cc1cccc(Cl)c1-c1cc(Cl)cc(Cl)c1Cl. The highest BCUT2D eigenvalue weighted by Gasteiger charge is 2.15. The zero-order valence-electron chi connectivity index (χ0n) is 8.85. The Labute approximate surface area is 124 Å². The van der Waals surface area contributed by atoms with Crippen LogP contribution in [0.25, 0.3) is 11.1 Å². The minimum absolute atomic E-state index is 0.322.